The number of halogens is 3. The summed E-state index contributed by atoms with van der Waals surface area (Å²) in [5, 5.41) is 0. The van der Waals surface area contributed by atoms with E-state index in [0.29, 0.717) is 36.7 Å². The van der Waals surface area contributed by atoms with Crippen LogP contribution in [0.25, 0.3) is 0 Å². The Kier molecular flexibility index (Phi) is 6.71. The van der Waals surface area contributed by atoms with E-state index in [0.717, 1.165) is 37.2 Å². The molecule has 1 fully saturated rings. The summed E-state index contributed by atoms with van der Waals surface area (Å²) >= 11 is 0. The molecule has 0 bridgehead atoms. The number of ether oxygens (including phenoxy) is 2. The maximum absolute atomic E-state index is 12.6. The molecule has 0 N–H and O–H groups in total. The number of benzene rings is 1. The minimum atomic E-state index is -4.46. The van der Waals surface area contributed by atoms with Crippen LogP contribution in [-0.4, -0.2) is 39.0 Å². The molecule has 10 heteroatoms. The Morgan fingerprint density at radius 2 is 1.64 bits per heavy atom. The van der Waals surface area contributed by atoms with Gasteiger partial charge in [-0.15, -0.1) is 0 Å². The second-order valence-electron chi connectivity index (χ2n) is 7.62. The zero-order valence-corrected chi connectivity index (χ0v) is 17.5. The van der Waals surface area contributed by atoms with E-state index in [1.807, 2.05) is 0 Å². The summed E-state index contributed by atoms with van der Waals surface area (Å²) in [6.07, 6.45) is 1.77. The Bertz CT molecular complexity index is 1050. The molecule has 172 valence electrons. The van der Waals surface area contributed by atoms with E-state index in [2.05, 4.69) is 15.0 Å². The van der Waals surface area contributed by atoms with Gasteiger partial charge in [0.15, 0.2) is 0 Å². The van der Waals surface area contributed by atoms with E-state index in [-0.39, 0.29) is 5.88 Å². The molecule has 33 heavy (non-hydrogen) atoms. The van der Waals surface area contributed by atoms with Crippen molar-refractivity contribution in [3.05, 3.63) is 72.4 Å². The predicted octanol–water partition coefficient (Wildman–Crippen LogP) is 5.14. The highest BCUT2D eigenvalue weighted by Gasteiger charge is 2.30. The molecule has 1 amide bonds. The molecular formula is C23H21F3N4O3. The molecule has 0 unspecified atom stereocenters. The first-order valence-corrected chi connectivity index (χ1v) is 10.4. The SMILES string of the molecule is O=C(Oc1ccc(Oc2ccc(C(F)(F)F)cn2)cc1)N1CCC(Cc2ncccn2)CC1. The molecule has 1 aromatic carbocycles. The summed E-state index contributed by atoms with van der Waals surface area (Å²) in [6.45, 7) is 1.19. The van der Waals surface area contributed by atoms with Crippen molar-refractivity contribution < 1.29 is 27.4 Å². The fraction of sp³-hybridized carbons (Fsp3) is 0.304. The van der Waals surface area contributed by atoms with Crippen molar-refractivity contribution in [2.24, 2.45) is 5.92 Å². The number of hydrogen-bond acceptors (Lipinski definition) is 6. The molecule has 0 aliphatic carbocycles. The van der Waals surface area contributed by atoms with Crippen molar-refractivity contribution in [2.45, 2.75) is 25.4 Å². The standard InChI is InChI=1S/C23H21F3N4O3/c24-23(25,26)17-2-7-21(29-15-17)32-18-3-5-19(6-4-18)33-22(31)30-12-8-16(9-13-30)14-20-27-10-1-11-28-20/h1-7,10-11,15-16H,8-9,12-14H2. The van der Waals surface area contributed by atoms with Crippen molar-refractivity contribution >= 4 is 6.09 Å². The van der Waals surface area contributed by atoms with Gasteiger partial charge in [0.25, 0.3) is 0 Å². The lowest BCUT2D eigenvalue weighted by Crippen LogP contribution is -2.40. The van der Waals surface area contributed by atoms with Crippen LogP contribution in [0.4, 0.5) is 18.0 Å². The number of nitrogens with zero attached hydrogens (tertiary/aromatic N) is 4. The molecule has 4 rings (SSSR count). The maximum Gasteiger partial charge on any atom is 0.417 e. The summed E-state index contributed by atoms with van der Waals surface area (Å²) in [7, 11) is 0. The van der Waals surface area contributed by atoms with Gasteiger partial charge in [0.2, 0.25) is 5.88 Å². The highest BCUT2D eigenvalue weighted by molar-refractivity contribution is 5.70. The van der Waals surface area contributed by atoms with Gasteiger partial charge in [-0.25, -0.2) is 19.7 Å². The number of aromatic nitrogens is 3. The van der Waals surface area contributed by atoms with Gasteiger partial charge in [0, 0.05) is 44.2 Å². The van der Waals surface area contributed by atoms with Gasteiger partial charge < -0.3 is 14.4 Å². The van der Waals surface area contributed by atoms with E-state index < -0.39 is 17.8 Å². The normalized spacial score (nSPS) is 14.7. The predicted molar refractivity (Wildman–Crippen MR) is 112 cm³/mol. The summed E-state index contributed by atoms with van der Waals surface area (Å²) in [6, 6.07) is 10.0. The van der Waals surface area contributed by atoms with Crippen molar-refractivity contribution in [3.8, 4) is 17.4 Å². The first kappa shape index (κ1) is 22.5. The molecule has 0 spiro atoms. The highest BCUT2D eigenvalue weighted by atomic mass is 19.4. The minimum Gasteiger partial charge on any atom is -0.439 e. The molecular weight excluding hydrogens is 437 g/mol. The van der Waals surface area contributed by atoms with Crippen LogP contribution in [0.3, 0.4) is 0 Å². The average Bonchev–Trinajstić information content (AvgIpc) is 2.81. The Hall–Kier alpha value is -3.69. The molecule has 1 aliphatic heterocycles. The lowest BCUT2D eigenvalue weighted by Gasteiger charge is -2.30. The second kappa shape index (κ2) is 9.85. The van der Waals surface area contributed by atoms with Gasteiger partial charge in [0.1, 0.15) is 17.3 Å². The molecule has 1 saturated heterocycles. The summed E-state index contributed by atoms with van der Waals surface area (Å²) < 4.78 is 48.7. The van der Waals surface area contributed by atoms with Crippen molar-refractivity contribution in [1.29, 1.82) is 0 Å². The Balaban J connectivity index is 1.25. The van der Waals surface area contributed by atoms with Crippen LogP contribution in [0, 0.1) is 5.92 Å². The van der Waals surface area contributed by atoms with Crippen LogP contribution < -0.4 is 9.47 Å². The number of carbonyl (C=O) groups is 1. The smallest absolute Gasteiger partial charge is 0.417 e. The Morgan fingerprint density at radius 1 is 0.970 bits per heavy atom. The van der Waals surface area contributed by atoms with E-state index >= 15 is 0 Å². The van der Waals surface area contributed by atoms with Gasteiger partial charge in [0.05, 0.1) is 5.56 Å². The summed E-state index contributed by atoms with van der Waals surface area (Å²) in [5.41, 5.74) is -0.852. The number of likely N-dealkylation sites (tertiary alicyclic amines) is 1. The molecule has 3 aromatic rings. The maximum atomic E-state index is 12.6. The first-order valence-electron chi connectivity index (χ1n) is 10.4. The first-order chi connectivity index (χ1) is 15.9. The van der Waals surface area contributed by atoms with E-state index in [1.54, 1.807) is 47.6 Å². The fourth-order valence-electron chi connectivity index (χ4n) is 3.48. The largest absolute Gasteiger partial charge is 0.439 e. The minimum absolute atomic E-state index is 0.0246. The number of amides is 1. The number of carbonyl (C=O) groups excluding carboxylic acids is 1. The third-order valence-electron chi connectivity index (χ3n) is 5.28. The number of piperidine rings is 1. The third-order valence-corrected chi connectivity index (χ3v) is 5.28. The number of hydrogen-bond donors (Lipinski definition) is 0. The Morgan fingerprint density at radius 3 is 2.24 bits per heavy atom. The van der Waals surface area contributed by atoms with Crippen LogP contribution in [0.1, 0.15) is 24.2 Å². The molecule has 1 aliphatic rings. The Labute approximate surface area is 188 Å². The highest BCUT2D eigenvalue weighted by Crippen LogP contribution is 2.30. The van der Waals surface area contributed by atoms with Crippen molar-refractivity contribution in [1.82, 2.24) is 19.9 Å². The van der Waals surface area contributed by atoms with Gasteiger partial charge >= 0.3 is 12.3 Å². The molecule has 0 saturated carbocycles. The average molecular weight is 458 g/mol. The van der Waals surface area contributed by atoms with Crippen LogP contribution in [-0.2, 0) is 12.6 Å². The molecule has 0 atom stereocenters. The van der Waals surface area contributed by atoms with E-state index in [9.17, 15) is 18.0 Å². The number of alkyl halides is 3. The van der Waals surface area contributed by atoms with Crippen LogP contribution in [0.15, 0.2) is 61.1 Å². The van der Waals surface area contributed by atoms with Gasteiger partial charge in [-0.2, -0.15) is 13.2 Å². The van der Waals surface area contributed by atoms with Crippen LogP contribution >= 0.6 is 0 Å². The van der Waals surface area contributed by atoms with Crippen LogP contribution in [0.2, 0.25) is 0 Å². The topological polar surface area (TPSA) is 77.4 Å². The fourth-order valence-corrected chi connectivity index (χ4v) is 3.48. The lowest BCUT2D eigenvalue weighted by molar-refractivity contribution is -0.137. The number of rotatable bonds is 5. The third kappa shape index (κ3) is 6.18. The van der Waals surface area contributed by atoms with Crippen molar-refractivity contribution in [3.63, 3.8) is 0 Å². The molecule has 7 nitrogen and oxygen atoms in total. The molecule has 2 aromatic heterocycles. The van der Waals surface area contributed by atoms with Gasteiger partial charge in [-0.05, 0) is 55.2 Å². The zero-order valence-electron chi connectivity index (χ0n) is 17.5. The van der Waals surface area contributed by atoms with Gasteiger partial charge in [-0.1, -0.05) is 0 Å². The summed E-state index contributed by atoms with van der Waals surface area (Å²) in [4.78, 5) is 26.3. The van der Waals surface area contributed by atoms with E-state index in [1.165, 1.54) is 0 Å². The van der Waals surface area contributed by atoms with Crippen molar-refractivity contribution in [2.75, 3.05) is 13.1 Å². The van der Waals surface area contributed by atoms with E-state index in [4.69, 9.17) is 9.47 Å². The quantitative estimate of drug-likeness (QED) is 0.527. The second-order valence-corrected chi connectivity index (χ2v) is 7.62. The van der Waals surface area contributed by atoms with Crippen LogP contribution in [0.5, 0.6) is 17.4 Å². The zero-order chi connectivity index (χ0) is 23.3. The number of pyridine rings is 1. The van der Waals surface area contributed by atoms with Gasteiger partial charge in [-0.3, -0.25) is 0 Å². The monoisotopic (exact) mass is 458 g/mol. The molecule has 0 radical (unpaired) electrons. The summed E-state index contributed by atoms with van der Waals surface area (Å²) in [5.74, 6) is 1.95. The molecule has 3 heterocycles. The lowest BCUT2D eigenvalue weighted by atomic mass is 9.93.